The number of rotatable bonds is 1. The number of pyridine rings is 1. The summed E-state index contributed by atoms with van der Waals surface area (Å²) < 4.78 is 1.91. The van der Waals surface area contributed by atoms with E-state index in [1.807, 2.05) is 36.4 Å². The molecule has 2 aromatic heterocycles. The number of nitrogens with zero attached hydrogens (tertiary/aromatic N) is 2. The fourth-order valence-electron chi connectivity index (χ4n) is 3.61. The molecule has 1 fully saturated rings. The van der Waals surface area contributed by atoms with Crippen molar-refractivity contribution in [2.45, 2.75) is 0 Å². The van der Waals surface area contributed by atoms with E-state index in [1.165, 1.54) is 0 Å². The van der Waals surface area contributed by atoms with Crippen LogP contribution in [-0.2, 0) is 0 Å². The lowest BCUT2D eigenvalue weighted by Crippen LogP contribution is -2.44. The lowest BCUT2D eigenvalue weighted by molar-refractivity contribution is 0.587. The summed E-state index contributed by atoms with van der Waals surface area (Å²) in [6.45, 7) is 3.63. The molecule has 0 unspecified atom stereocenters. The van der Waals surface area contributed by atoms with E-state index in [9.17, 15) is 4.79 Å². The molecule has 3 heterocycles. The number of hydrogen-bond donors (Lipinski definition) is 1. The highest BCUT2D eigenvalue weighted by Crippen LogP contribution is 2.36. The van der Waals surface area contributed by atoms with Crippen LogP contribution in [0, 0.1) is 0 Å². The van der Waals surface area contributed by atoms with Gasteiger partial charge in [-0.2, -0.15) is 0 Å². The normalized spacial score (nSPS) is 15.2. The highest BCUT2D eigenvalue weighted by atomic mass is 35.5. The zero-order valence-corrected chi connectivity index (χ0v) is 15.5. The molecule has 0 spiro atoms. The van der Waals surface area contributed by atoms with Crippen molar-refractivity contribution in [2.24, 2.45) is 0 Å². The Balaban J connectivity index is 1.96. The molecule has 1 aliphatic rings. The van der Waals surface area contributed by atoms with E-state index < -0.39 is 0 Å². The Morgan fingerprint density at radius 2 is 1.88 bits per heavy atom. The summed E-state index contributed by atoms with van der Waals surface area (Å²) >= 11 is 7.78. The van der Waals surface area contributed by atoms with Crippen LogP contribution < -0.4 is 15.6 Å². The lowest BCUT2D eigenvalue weighted by atomic mass is 10.1. The number of piperazine rings is 1. The molecule has 0 bridgehead atoms. The van der Waals surface area contributed by atoms with E-state index in [0.29, 0.717) is 10.4 Å². The summed E-state index contributed by atoms with van der Waals surface area (Å²) in [6.07, 6.45) is 0. The quantitative estimate of drug-likeness (QED) is 0.399. The monoisotopic (exact) mass is 381 g/mol. The van der Waals surface area contributed by atoms with E-state index in [0.717, 1.165) is 57.7 Å². The van der Waals surface area contributed by atoms with Gasteiger partial charge in [-0.15, -0.1) is 11.3 Å². The highest BCUT2D eigenvalue weighted by Gasteiger charge is 2.20. The molecular weight excluding hydrogens is 366 g/mol. The average Bonchev–Trinajstić information content (AvgIpc) is 2.68. The van der Waals surface area contributed by atoms with Crippen LogP contribution in [-0.4, -0.2) is 31.2 Å². The molecule has 5 rings (SSSR count). The summed E-state index contributed by atoms with van der Waals surface area (Å²) in [4.78, 5) is 20.6. The van der Waals surface area contributed by atoms with Gasteiger partial charge >= 0.3 is 0 Å². The number of para-hydroxylation sites is 1. The second kappa shape index (κ2) is 6.20. The fraction of sp³-hybridized carbons (Fsp3) is 0.200. The van der Waals surface area contributed by atoms with Crippen LogP contribution in [0.15, 0.2) is 47.3 Å². The largest absolute Gasteiger partial charge is 0.353 e. The van der Waals surface area contributed by atoms with Crippen LogP contribution in [0.1, 0.15) is 0 Å². The van der Waals surface area contributed by atoms with Gasteiger partial charge in [0.05, 0.1) is 15.6 Å². The van der Waals surface area contributed by atoms with Gasteiger partial charge in [-0.25, -0.2) is 4.98 Å². The van der Waals surface area contributed by atoms with Crippen molar-refractivity contribution in [3.8, 4) is 0 Å². The second-order valence-electron chi connectivity index (χ2n) is 6.47. The summed E-state index contributed by atoms with van der Waals surface area (Å²) in [5, 5.41) is 6.30. The minimum Gasteiger partial charge on any atom is -0.353 e. The zero-order valence-electron chi connectivity index (χ0n) is 14.0. The first kappa shape index (κ1) is 16.0. The molecule has 26 heavy (non-hydrogen) atoms. The molecular formula is C20H16ClN3OS. The Hall–Kier alpha value is -2.21. The maximum atomic E-state index is 13.4. The predicted molar refractivity (Wildman–Crippen MR) is 111 cm³/mol. The van der Waals surface area contributed by atoms with Crippen molar-refractivity contribution in [1.82, 2.24) is 10.3 Å². The average molecular weight is 382 g/mol. The van der Waals surface area contributed by atoms with Gasteiger partial charge in [0.2, 0.25) is 0 Å². The lowest BCUT2D eigenvalue weighted by Gasteiger charge is -2.29. The van der Waals surface area contributed by atoms with Gasteiger partial charge in [-0.3, -0.25) is 4.79 Å². The Morgan fingerprint density at radius 3 is 2.73 bits per heavy atom. The molecule has 2 aromatic carbocycles. The predicted octanol–water partition coefficient (Wildman–Crippen LogP) is 4.03. The number of benzene rings is 2. The molecule has 1 saturated heterocycles. The Morgan fingerprint density at radius 1 is 1.08 bits per heavy atom. The summed E-state index contributed by atoms with van der Waals surface area (Å²) in [6, 6.07) is 13.4. The Kier molecular flexibility index (Phi) is 3.81. The smallest absolute Gasteiger partial charge is 0.196 e. The molecule has 1 N–H and O–H groups in total. The van der Waals surface area contributed by atoms with Crippen molar-refractivity contribution in [3.05, 3.63) is 57.7 Å². The van der Waals surface area contributed by atoms with E-state index >= 15 is 0 Å². The Bertz CT molecular complexity index is 1210. The summed E-state index contributed by atoms with van der Waals surface area (Å²) in [5.74, 6) is 0.916. The van der Waals surface area contributed by atoms with Gasteiger partial charge in [0.15, 0.2) is 5.43 Å². The summed E-state index contributed by atoms with van der Waals surface area (Å²) in [7, 11) is 0. The maximum Gasteiger partial charge on any atom is 0.196 e. The van der Waals surface area contributed by atoms with Gasteiger partial charge in [-0.05, 0) is 24.3 Å². The van der Waals surface area contributed by atoms with Gasteiger partial charge in [0.1, 0.15) is 5.82 Å². The first-order valence-corrected chi connectivity index (χ1v) is 9.82. The number of fused-ring (bicyclic) bond motifs is 4. The SMILES string of the molecule is O=c1c2cc(Cl)ccc2sc2c(N3CCNCC3)nc3ccccc3c12. The van der Waals surface area contributed by atoms with Crippen LogP contribution in [0.4, 0.5) is 5.82 Å². The number of nitrogens with one attached hydrogen (secondary N) is 1. The first-order chi connectivity index (χ1) is 12.7. The van der Waals surface area contributed by atoms with Gasteiger partial charge in [0, 0.05) is 46.7 Å². The van der Waals surface area contributed by atoms with Crippen LogP contribution in [0.5, 0.6) is 0 Å². The Labute approximate surface area is 159 Å². The number of hydrogen-bond acceptors (Lipinski definition) is 5. The van der Waals surface area contributed by atoms with Crippen LogP contribution in [0.2, 0.25) is 5.02 Å². The fourth-order valence-corrected chi connectivity index (χ4v) is 4.97. The molecule has 0 saturated carbocycles. The van der Waals surface area contributed by atoms with Gasteiger partial charge in [0.25, 0.3) is 0 Å². The number of anilines is 1. The minimum atomic E-state index is 0.0336. The van der Waals surface area contributed by atoms with E-state index in [4.69, 9.17) is 16.6 Å². The van der Waals surface area contributed by atoms with Crippen molar-refractivity contribution in [2.75, 3.05) is 31.1 Å². The van der Waals surface area contributed by atoms with Crippen LogP contribution >= 0.6 is 22.9 Å². The maximum absolute atomic E-state index is 13.4. The van der Waals surface area contributed by atoms with E-state index in [1.54, 1.807) is 17.4 Å². The molecule has 1 aliphatic heterocycles. The van der Waals surface area contributed by atoms with Crippen LogP contribution in [0.25, 0.3) is 31.1 Å². The topological polar surface area (TPSA) is 45.2 Å². The third-order valence-electron chi connectivity index (χ3n) is 4.87. The van der Waals surface area contributed by atoms with E-state index in [-0.39, 0.29) is 5.43 Å². The molecule has 4 aromatic rings. The first-order valence-electron chi connectivity index (χ1n) is 8.63. The van der Waals surface area contributed by atoms with Crippen molar-refractivity contribution < 1.29 is 0 Å². The van der Waals surface area contributed by atoms with Crippen LogP contribution in [0.3, 0.4) is 0 Å². The van der Waals surface area contributed by atoms with Gasteiger partial charge < -0.3 is 10.2 Å². The second-order valence-corrected chi connectivity index (χ2v) is 7.95. The van der Waals surface area contributed by atoms with E-state index in [2.05, 4.69) is 10.2 Å². The molecule has 0 atom stereocenters. The standard InChI is InChI=1S/C20H16ClN3OS/c21-12-5-6-16-14(11-12)18(25)17-13-3-1-2-4-15(13)23-20(19(17)26-16)24-9-7-22-8-10-24/h1-6,11,22H,7-10H2. The molecule has 0 amide bonds. The minimum absolute atomic E-state index is 0.0336. The molecule has 0 radical (unpaired) electrons. The highest BCUT2D eigenvalue weighted by molar-refractivity contribution is 7.25. The molecule has 0 aliphatic carbocycles. The summed E-state index contributed by atoms with van der Waals surface area (Å²) in [5.41, 5.74) is 0.894. The zero-order chi connectivity index (χ0) is 17.7. The third kappa shape index (κ3) is 2.47. The molecule has 130 valence electrons. The van der Waals surface area contributed by atoms with Gasteiger partial charge in [-0.1, -0.05) is 29.8 Å². The van der Waals surface area contributed by atoms with Crippen molar-refractivity contribution in [3.63, 3.8) is 0 Å². The third-order valence-corrected chi connectivity index (χ3v) is 6.27. The number of halogens is 1. The molecule has 4 nitrogen and oxygen atoms in total. The van der Waals surface area contributed by atoms with Crippen molar-refractivity contribution >= 4 is 59.8 Å². The number of aromatic nitrogens is 1. The molecule has 6 heteroatoms. The van der Waals surface area contributed by atoms with Crippen molar-refractivity contribution in [1.29, 1.82) is 0 Å².